The molecule has 0 bridgehead atoms. The first kappa shape index (κ1) is 58.3. The normalized spacial score (nSPS) is 18.8. The number of unbranched alkanes of at least 4 members (excludes halogenated alkanes) is 1. The molecule has 4 atom stereocenters. The molecule has 1 aromatic rings. The Morgan fingerprint density at radius 1 is 0.902 bits per heavy atom. The van der Waals surface area contributed by atoms with Gasteiger partial charge in [0.25, 0.3) is 0 Å². The summed E-state index contributed by atoms with van der Waals surface area (Å²) in [5, 5.41) is 10.4. The zero-order chi connectivity index (χ0) is 46.3. The number of aryl methyl sites for hydroxylation is 1. The van der Waals surface area contributed by atoms with Crippen molar-refractivity contribution in [1.29, 1.82) is 0 Å². The number of ether oxygens (including phenoxy) is 2. The smallest absolute Gasteiger partial charge is 0.359 e. The summed E-state index contributed by atoms with van der Waals surface area (Å²) in [7, 11) is -2.69. The highest BCUT2D eigenvalue weighted by Crippen LogP contribution is 2.56. The Bertz CT molecular complexity index is 1400. The largest absolute Gasteiger partial charge is 0.378 e. The standard InChI is InChI=1S/C19H35N5O8P2.2C8H16O.C7H8.C2H6/c1-13(2)10-14(23-17(26)12-22-18(27)15-11-20-8-9-21-15)6-4-5-7-16(25)24-19(33(28)29)34(30,31)32-3;2*1-3-8(9-2)6-4-5-7-8;1-7-5-3-2-4-6-7;1-2/h8-9,11,13-15,19,21,28-29H,4-7,10,12H2,1-3H3,(H,22,27)(H,23,26)(H,24,25)(H,30,31);2*3-7H2,1-2H3;2-6H,1H3;1-2H3. The molecule has 4 unspecified atom stereocenters. The second kappa shape index (κ2) is 32.9. The minimum Gasteiger partial charge on any atom is -0.378 e. The summed E-state index contributed by atoms with van der Waals surface area (Å²) in [5.74, 6) is -1.02. The predicted octanol–water partition coefficient (Wildman–Crippen LogP) is 7.97. The molecule has 2 fully saturated rings. The van der Waals surface area contributed by atoms with Crippen LogP contribution >= 0.6 is 16.0 Å². The third-order valence-corrected chi connectivity index (χ3v) is 14.2. The van der Waals surface area contributed by atoms with E-state index in [2.05, 4.69) is 63.7 Å². The fourth-order valence-corrected chi connectivity index (χ4v) is 9.22. The number of benzene rings is 1. The molecule has 0 aromatic heterocycles. The van der Waals surface area contributed by atoms with Crippen LogP contribution in [0.2, 0.25) is 0 Å². The van der Waals surface area contributed by atoms with Crippen LogP contribution in [0.25, 0.3) is 0 Å². The van der Waals surface area contributed by atoms with Crippen LogP contribution in [0, 0.1) is 12.8 Å². The van der Waals surface area contributed by atoms with Gasteiger partial charge in [0.05, 0.1) is 17.7 Å². The van der Waals surface area contributed by atoms with Crippen molar-refractivity contribution in [2.45, 2.75) is 174 Å². The highest BCUT2D eigenvalue weighted by Gasteiger charge is 2.39. The summed E-state index contributed by atoms with van der Waals surface area (Å²) in [4.78, 5) is 68.5. The number of carbonyl (C=O) groups excluding carboxylic acids is 3. The van der Waals surface area contributed by atoms with Crippen LogP contribution < -0.4 is 21.3 Å². The molecule has 61 heavy (non-hydrogen) atoms. The Hall–Kier alpha value is -2.74. The second-order valence-electron chi connectivity index (χ2n) is 15.7. The molecule has 15 nitrogen and oxygen atoms in total. The lowest BCUT2D eigenvalue weighted by Crippen LogP contribution is -2.48. The van der Waals surface area contributed by atoms with Gasteiger partial charge >= 0.3 is 7.60 Å². The van der Waals surface area contributed by atoms with Gasteiger partial charge < -0.3 is 49.9 Å². The summed E-state index contributed by atoms with van der Waals surface area (Å²) >= 11 is 0. The molecule has 17 heteroatoms. The number of nitrogens with one attached hydrogen (secondary N) is 4. The maximum atomic E-state index is 12.3. The minimum absolute atomic E-state index is 0.00776. The van der Waals surface area contributed by atoms with Crippen LogP contribution in [0.1, 0.15) is 143 Å². The summed E-state index contributed by atoms with van der Waals surface area (Å²) < 4.78 is 27.1. The van der Waals surface area contributed by atoms with E-state index in [0.29, 0.717) is 31.6 Å². The Balaban J connectivity index is 0.00000105. The molecule has 7 N–H and O–H groups in total. The van der Waals surface area contributed by atoms with Gasteiger partial charge in [-0.05, 0) is 70.6 Å². The Morgan fingerprint density at radius 2 is 1.44 bits per heavy atom. The van der Waals surface area contributed by atoms with Gasteiger partial charge in [-0.25, -0.2) is 0 Å². The lowest BCUT2D eigenvalue weighted by molar-refractivity contribution is -0.126. The molecule has 4 rings (SSSR count). The van der Waals surface area contributed by atoms with E-state index in [1.807, 2.05) is 60.1 Å². The molecular formula is C44H81N5O10P2. The average molecular weight is 902 g/mol. The van der Waals surface area contributed by atoms with Gasteiger partial charge in [0.1, 0.15) is 6.04 Å². The molecule has 0 spiro atoms. The average Bonchev–Trinajstić information content (AvgIpc) is 3.96. The van der Waals surface area contributed by atoms with Crippen molar-refractivity contribution < 1.29 is 47.6 Å². The maximum absolute atomic E-state index is 12.3. The minimum atomic E-state index is -4.40. The zero-order valence-electron chi connectivity index (χ0n) is 38.8. The van der Waals surface area contributed by atoms with E-state index in [4.69, 9.17) is 9.47 Å². The van der Waals surface area contributed by atoms with Gasteiger partial charge in [-0.2, -0.15) is 0 Å². The van der Waals surface area contributed by atoms with Crippen molar-refractivity contribution >= 4 is 39.9 Å². The summed E-state index contributed by atoms with van der Waals surface area (Å²) in [5.41, 5.74) is 0.0943. The molecule has 352 valence electrons. The van der Waals surface area contributed by atoms with E-state index in [-0.39, 0.29) is 42.0 Å². The van der Waals surface area contributed by atoms with Gasteiger partial charge in [0.2, 0.25) is 31.6 Å². The van der Waals surface area contributed by atoms with Crippen molar-refractivity contribution in [3.05, 3.63) is 48.3 Å². The molecule has 1 heterocycles. The first-order valence-corrected chi connectivity index (χ1v) is 25.0. The molecule has 1 aromatic carbocycles. The van der Waals surface area contributed by atoms with Crippen molar-refractivity contribution in [3.8, 4) is 0 Å². The van der Waals surface area contributed by atoms with E-state index in [0.717, 1.165) is 7.11 Å². The topological polar surface area (TPSA) is 217 Å². The Kier molecular flexibility index (Phi) is 31.4. The summed E-state index contributed by atoms with van der Waals surface area (Å²) in [6.45, 7) is 14.4. The van der Waals surface area contributed by atoms with Gasteiger partial charge in [0.15, 0.2) is 0 Å². The molecule has 2 saturated carbocycles. The molecule has 1 aliphatic heterocycles. The predicted molar refractivity (Wildman–Crippen MR) is 247 cm³/mol. The van der Waals surface area contributed by atoms with Crippen LogP contribution in [0.5, 0.6) is 0 Å². The van der Waals surface area contributed by atoms with Crippen molar-refractivity contribution in [2.75, 3.05) is 27.9 Å². The Labute approximate surface area is 368 Å². The zero-order valence-corrected chi connectivity index (χ0v) is 40.6. The maximum Gasteiger partial charge on any atom is 0.359 e. The van der Waals surface area contributed by atoms with Crippen LogP contribution in [0.3, 0.4) is 0 Å². The number of nitrogens with zero attached hydrogens (tertiary/aromatic N) is 1. The van der Waals surface area contributed by atoms with Gasteiger partial charge in [0, 0.05) is 52.4 Å². The van der Waals surface area contributed by atoms with Crippen molar-refractivity contribution in [2.24, 2.45) is 10.9 Å². The highest BCUT2D eigenvalue weighted by atomic mass is 31.2. The lowest BCUT2D eigenvalue weighted by Gasteiger charge is -2.25. The number of methoxy groups -OCH3 is 2. The number of aliphatic imine (C=N–C) groups is 1. The van der Waals surface area contributed by atoms with E-state index in [1.54, 1.807) is 0 Å². The summed E-state index contributed by atoms with van der Waals surface area (Å²) in [6.07, 6.45) is 19.7. The van der Waals surface area contributed by atoms with Crippen LogP contribution in [-0.2, 0) is 32.9 Å². The molecule has 0 saturated heterocycles. The fraction of sp³-hybridized carbons (Fsp3) is 0.727. The first-order valence-electron chi connectivity index (χ1n) is 22.0. The SMILES string of the molecule is CC.CCC1(OC)CCCC1.CCC1(OC)CCCC1.COP(=O)(O)C(NC(=O)CCCCC(CC(C)C)NC(=O)CNC(=O)C1C=NC=CN1)P(O)O.Cc1ccccc1. The van der Waals surface area contributed by atoms with Gasteiger partial charge in [-0.1, -0.05) is 110 Å². The lowest BCUT2D eigenvalue weighted by atomic mass is 9.98. The molecule has 2 aliphatic carbocycles. The molecular weight excluding hydrogens is 820 g/mol. The van der Waals surface area contributed by atoms with Crippen molar-refractivity contribution in [1.82, 2.24) is 21.3 Å². The fourth-order valence-electron chi connectivity index (χ4n) is 7.13. The first-order chi connectivity index (χ1) is 29.0. The van der Waals surface area contributed by atoms with E-state index in [9.17, 15) is 33.6 Å². The van der Waals surface area contributed by atoms with Crippen molar-refractivity contribution in [3.63, 3.8) is 0 Å². The second-order valence-corrected chi connectivity index (χ2v) is 19.2. The number of hydrogen-bond donors (Lipinski definition) is 7. The van der Waals surface area contributed by atoms with Crippen LogP contribution in [0.4, 0.5) is 0 Å². The highest BCUT2D eigenvalue weighted by molar-refractivity contribution is 7.68. The van der Waals surface area contributed by atoms with Crippen LogP contribution in [0.15, 0.2) is 47.7 Å². The van der Waals surface area contributed by atoms with Crippen LogP contribution in [-0.4, -0.2) is 95.3 Å². The van der Waals surface area contributed by atoms with Gasteiger partial charge in [-0.15, -0.1) is 0 Å². The summed E-state index contributed by atoms with van der Waals surface area (Å²) in [6, 6.07) is 9.47. The van der Waals surface area contributed by atoms with E-state index >= 15 is 0 Å². The monoisotopic (exact) mass is 902 g/mol. The third-order valence-electron chi connectivity index (χ3n) is 10.9. The Morgan fingerprint density at radius 3 is 1.82 bits per heavy atom. The third kappa shape index (κ3) is 24.6. The molecule has 3 aliphatic rings. The molecule has 3 amide bonds. The number of carbonyl (C=O) groups is 3. The number of hydrogen-bond acceptors (Lipinski definition) is 11. The van der Waals surface area contributed by atoms with E-state index < -0.39 is 33.4 Å². The van der Waals surface area contributed by atoms with E-state index in [1.165, 1.54) is 88.4 Å². The van der Waals surface area contributed by atoms with Gasteiger partial charge in [-0.3, -0.25) is 23.9 Å². The number of amides is 3. The molecule has 0 radical (unpaired) electrons. The quantitative estimate of drug-likeness (QED) is 0.0522. The number of rotatable bonds is 19.